The van der Waals surface area contributed by atoms with Gasteiger partial charge in [-0.3, -0.25) is 14.8 Å². The fourth-order valence-corrected chi connectivity index (χ4v) is 3.78. The minimum absolute atomic E-state index is 0.205. The lowest BCUT2D eigenvalue weighted by Crippen LogP contribution is -2.29. The van der Waals surface area contributed by atoms with Crippen LogP contribution in [0.5, 0.6) is 0 Å². The number of aryl methyl sites for hydroxylation is 1. The lowest BCUT2D eigenvalue weighted by atomic mass is 9.91. The molecule has 2 aromatic rings. The smallest absolute Gasteiger partial charge is 0.218 e. The van der Waals surface area contributed by atoms with Crippen LogP contribution in [0.15, 0.2) is 24.5 Å². The molecule has 1 fully saturated rings. The maximum atomic E-state index is 11.0. The molecule has 1 unspecified atom stereocenters. The molecule has 5 heteroatoms. The normalized spacial score (nSPS) is 19.0. The molecule has 5 nitrogen and oxygen atoms in total. The topological polar surface area (TPSA) is 72.1 Å². The number of carbonyl (C=O) groups excluding carboxylic acids is 1. The molecule has 0 bridgehead atoms. The van der Waals surface area contributed by atoms with E-state index in [4.69, 9.17) is 10.7 Å². The number of likely N-dealkylation sites (tertiary alicyclic amines) is 1. The number of hydrogen-bond donors (Lipinski definition) is 1. The van der Waals surface area contributed by atoms with E-state index in [1.807, 2.05) is 18.5 Å². The fraction of sp³-hybridized carbons (Fsp3) is 0.550. The van der Waals surface area contributed by atoms with E-state index < -0.39 is 0 Å². The number of fused-ring (bicyclic) bond motifs is 1. The van der Waals surface area contributed by atoms with Crippen molar-refractivity contribution in [3.63, 3.8) is 0 Å². The summed E-state index contributed by atoms with van der Waals surface area (Å²) in [6.45, 7) is 5.08. The number of carbonyl (C=O) groups is 1. The van der Waals surface area contributed by atoms with Gasteiger partial charge in [-0.05, 0) is 68.8 Å². The van der Waals surface area contributed by atoms with Crippen molar-refractivity contribution < 1.29 is 4.79 Å². The Morgan fingerprint density at radius 2 is 2.24 bits per heavy atom. The Kier molecular flexibility index (Phi) is 5.97. The average Bonchev–Trinajstić information content (AvgIpc) is 2.85. The van der Waals surface area contributed by atoms with Crippen LogP contribution in [0.3, 0.4) is 0 Å². The summed E-state index contributed by atoms with van der Waals surface area (Å²) in [5, 5.41) is 1.19. The average molecular weight is 340 g/mol. The highest BCUT2D eigenvalue weighted by atomic mass is 16.1. The highest BCUT2D eigenvalue weighted by Crippen LogP contribution is 2.26. The van der Waals surface area contributed by atoms with E-state index in [0.29, 0.717) is 12.3 Å². The van der Waals surface area contributed by atoms with Gasteiger partial charge < -0.3 is 10.6 Å². The summed E-state index contributed by atoms with van der Waals surface area (Å²) in [6.07, 6.45) is 9.87. The first-order chi connectivity index (χ1) is 12.2. The minimum atomic E-state index is -0.205. The van der Waals surface area contributed by atoms with Crippen LogP contribution in [0.4, 0.5) is 0 Å². The molecule has 0 spiro atoms. The van der Waals surface area contributed by atoms with Gasteiger partial charge in [-0.1, -0.05) is 6.92 Å². The van der Waals surface area contributed by atoms with Gasteiger partial charge in [-0.15, -0.1) is 0 Å². The third-order valence-corrected chi connectivity index (χ3v) is 5.23. The minimum Gasteiger partial charge on any atom is -0.370 e. The van der Waals surface area contributed by atoms with Crippen LogP contribution >= 0.6 is 0 Å². The molecule has 1 saturated heterocycles. The first-order valence-electron chi connectivity index (χ1n) is 9.39. The zero-order chi connectivity index (χ0) is 17.6. The van der Waals surface area contributed by atoms with Gasteiger partial charge in [0.15, 0.2) is 0 Å². The van der Waals surface area contributed by atoms with Crippen LogP contribution in [0.1, 0.15) is 43.9 Å². The van der Waals surface area contributed by atoms with Gasteiger partial charge in [0.2, 0.25) is 5.91 Å². The molecule has 1 atom stereocenters. The van der Waals surface area contributed by atoms with Gasteiger partial charge in [0.05, 0.1) is 5.52 Å². The molecule has 1 aliphatic heterocycles. The predicted octanol–water partition coefficient (Wildman–Crippen LogP) is 2.71. The van der Waals surface area contributed by atoms with Crippen LogP contribution in [-0.4, -0.2) is 40.4 Å². The Morgan fingerprint density at radius 1 is 1.36 bits per heavy atom. The second-order valence-corrected chi connectivity index (χ2v) is 7.08. The van der Waals surface area contributed by atoms with E-state index in [-0.39, 0.29) is 5.91 Å². The summed E-state index contributed by atoms with van der Waals surface area (Å²) in [5.41, 5.74) is 8.88. The summed E-state index contributed by atoms with van der Waals surface area (Å²) in [4.78, 5) is 22.4. The van der Waals surface area contributed by atoms with E-state index in [1.165, 1.54) is 30.2 Å². The molecule has 3 rings (SSSR count). The third-order valence-electron chi connectivity index (χ3n) is 5.23. The molecule has 134 valence electrons. The first kappa shape index (κ1) is 17.8. The predicted molar refractivity (Wildman–Crippen MR) is 100 cm³/mol. The molecule has 25 heavy (non-hydrogen) atoms. The molecule has 1 aliphatic rings. The maximum Gasteiger partial charge on any atom is 0.218 e. The van der Waals surface area contributed by atoms with E-state index in [9.17, 15) is 4.79 Å². The van der Waals surface area contributed by atoms with E-state index in [0.717, 1.165) is 43.7 Å². The van der Waals surface area contributed by atoms with Gasteiger partial charge in [0, 0.05) is 36.4 Å². The van der Waals surface area contributed by atoms with Gasteiger partial charge in [-0.2, -0.15) is 0 Å². The highest BCUT2D eigenvalue weighted by molar-refractivity contribution is 5.81. The van der Waals surface area contributed by atoms with Gasteiger partial charge in [-0.25, -0.2) is 0 Å². The third kappa shape index (κ3) is 4.75. The lowest BCUT2D eigenvalue weighted by Gasteiger charge is -2.19. The SMILES string of the molecule is CCc1cc(CC2CCCN(CCC(N)=O)CC2)c2cnccc2n1. The van der Waals surface area contributed by atoms with Crippen molar-refractivity contribution in [2.75, 3.05) is 19.6 Å². The Morgan fingerprint density at radius 3 is 3.04 bits per heavy atom. The molecule has 3 heterocycles. The highest BCUT2D eigenvalue weighted by Gasteiger charge is 2.19. The fourth-order valence-electron chi connectivity index (χ4n) is 3.78. The Bertz CT molecular complexity index is 731. The van der Waals surface area contributed by atoms with Crippen molar-refractivity contribution in [1.82, 2.24) is 14.9 Å². The van der Waals surface area contributed by atoms with Crippen LogP contribution < -0.4 is 5.73 Å². The van der Waals surface area contributed by atoms with Crippen LogP contribution in [0, 0.1) is 5.92 Å². The van der Waals surface area contributed by atoms with Crippen molar-refractivity contribution in [3.8, 4) is 0 Å². The Labute approximate surface area is 149 Å². The summed E-state index contributed by atoms with van der Waals surface area (Å²) < 4.78 is 0. The van der Waals surface area contributed by atoms with Crippen LogP contribution in [0.25, 0.3) is 10.9 Å². The van der Waals surface area contributed by atoms with Gasteiger partial charge in [0.1, 0.15) is 0 Å². The monoisotopic (exact) mass is 340 g/mol. The summed E-state index contributed by atoms with van der Waals surface area (Å²) in [5.74, 6) is 0.470. The van der Waals surface area contributed by atoms with E-state index in [2.05, 4.69) is 22.9 Å². The second kappa shape index (κ2) is 8.39. The first-order valence-corrected chi connectivity index (χ1v) is 9.39. The molecule has 0 aromatic carbocycles. The number of hydrogen-bond acceptors (Lipinski definition) is 4. The summed E-state index contributed by atoms with van der Waals surface area (Å²) in [7, 11) is 0. The molecule has 2 aromatic heterocycles. The lowest BCUT2D eigenvalue weighted by molar-refractivity contribution is -0.118. The van der Waals surface area contributed by atoms with Crippen molar-refractivity contribution in [2.24, 2.45) is 11.7 Å². The Balaban J connectivity index is 1.70. The van der Waals surface area contributed by atoms with Crippen molar-refractivity contribution in [1.29, 1.82) is 0 Å². The number of aromatic nitrogens is 2. The number of rotatable bonds is 6. The van der Waals surface area contributed by atoms with Gasteiger partial charge in [0.25, 0.3) is 0 Å². The summed E-state index contributed by atoms with van der Waals surface area (Å²) in [6, 6.07) is 4.27. The zero-order valence-corrected chi connectivity index (χ0v) is 15.1. The molecule has 0 aliphatic carbocycles. The molecule has 2 N–H and O–H groups in total. The summed E-state index contributed by atoms with van der Waals surface area (Å²) >= 11 is 0. The second-order valence-electron chi connectivity index (χ2n) is 7.08. The Hall–Kier alpha value is -2.01. The van der Waals surface area contributed by atoms with Crippen molar-refractivity contribution >= 4 is 16.8 Å². The molecular weight excluding hydrogens is 312 g/mol. The van der Waals surface area contributed by atoms with Crippen LogP contribution in [0.2, 0.25) is 0 Å². The van der Waals surface area contributed by atoms with Gasteiger partial charge >= 0.3 is 0 Å². The van der Waals surface area contributed by atoms with Crippen molar-refractivity contribution in [3.05, 3.63) is 35.8 Å². The molecule has 0 saturated carbocycles. The number of primary amides is 1. The number of nitrogens with zero attached hydrogens (tertiary/aromatic N) is 3. The standard InChI is InChI=1S/C20H28N4O/c1-2-17-13-16(18-14-22-8-5-19(18)23-17)12-15-4-3-9-24(10-6-15)11-7-20(21)25/h5,8,13-15H,2-4,6-7,9-12H2,1H3,(H2,21,25). The van der Waals surface area contributed by atoms with E-state index >= 15 is 0 Å². The maximum absolute atomic E-state index is 11.0. The number of nitrogens with two attached hydrogens (primary N) is 1. The molecule has 1 amide bonds. The number of amides is 1. The zero-order valence-electron chi connectivity index (χ0n) is 15.1. The van der Waals surface area contributed by atoms with E-state index in [1.54, 1.807) is 0 Å². The van der Waals surface area contributed by atoms with Crippen LogP contribution in [-0.2, 0) is 17.6 Å². The molecule has 0 radical (unpaired) electrons. The largest absolute Gasteiger partial charge is 0.370 e. The van der Waals surface area contributed by atoms with Crippen molar-refractivity contribution in [2.45, 2.75) is 45.4 Å². The molecular formula is C20H28N4O. The number of pyridine rings is 2. The quantitative estimate of drug-likeness (QED) is 0.877.